The monoisotopic (exact) mass is 232 g/mol. The third-order valence-corrected chi connectivity index (χ3v) is 4.40. The Morgan fingerprint density at radius 3 is 2.69 bits per heavy atom. The van der Waals surface area contributed by atoms with Crippen molar-refractivity contribution in [2.24, 2.45) is 0 Å². The van der Waals surface area contributed by atoms with E-state index in [1.165, 1.54) is 20.9 Å². The second-order valence-corrected chi connectivity index (χ2v) is 5.77. The van der Waals surface area contributed by atoms with Gasteiger partial charge in [-0.15, -0.1) is 11.3 Å². The summed E-state index contributed by atoms with van der Waals surface area (Å²) >= 11 is 1.88. The van der Waals surface area contributed by atoms with Crippen LogP contribution in [-0.2, 0) is 0 Å². The van der Waals surface area contributed by atoms with Crippen LogP contribution in [-0.4, -0.2) is 18.8 Å². The number of fused-ring (bicyclic) bond motifs is 1. The van der Waals surface area contributed by atoms with Crippen molar-refractivity contribution in [1.82, 2.24) is 10.6 Å². The molecule has 2 heterocycles. The van der Waals surface area contributed by atoms with E-state index < -0.39 is 0 Å². The molecule has 1 aliphatic carbocycles. The first-order chi connectivity index (χ1) is 7.75. The van der Waals surface area contributed by atoms with Crippen molar-refractivity contribution in [3.05, 3.63) is 39.6 Å². The lowest BCUT2D eigenvalue weighted by Gasteiger charge is -2.25. The molecule has 3 heteroatoms. The first-order valence-electron chi connectivity index (χ1n) is 5.67. The predicted octanol–water partition coefficient (Wildman–Crippen LogP) is 2.29. The number of thiophene rings is 1. The third kappa shape index (κ3) is 1.56. The van der Waals surface area contributed by atoms with E-state index in [9.17, 15) is 0 Å². The number of rotatable bonds is 1. The van der Waals surface area contributed by atoms with Gasteiger partial charge in [0.25, 0.3) is 0 Å². The van der Waals surface area contributed by atoms with E-state index in [-0.39, 0.29) is 0 Å². The van der Waals surface area contributed by atoms with E-state index in [1.807, 2.05) is 11.3 Å². The van der Waals surface area contributed by atoms with Gasteiger partial charge in [-0.05, 0) is 31.6 Å². The lowest BCUT2D eigenvalue weighted by atomic mass is 9.89. The molecule has 0 saturated carbocycles. The van der Waals surface area contributed by atoms with Crippen molar-refractivity contribution in [3.8, 4) is 0 Å². The van der Waals surface area contributed by atoms with Gasteiger partial charge in [0.2, 0.25) is 0 Å². The van der Waals surface area contributed by atoms with Crippen LogP contribution in [0.15, 0.2) is 29.9 Å². The second kappa shape index (κ2) is 3.84. The normalized spacial score (nSPS) is 28.6. The number of hydrogen-bond donors (Lipinski definition) is 2. The third-order valence-electron chi connectivity index (χ3n) is 3.35. The van der Waals surface area contributed by atoms with Gasteiger partial charge >= 0.3 is 0 Å². The van der Waals surface area contributed by atoms with Gasteiger partial charge in [-0.1, -0.05) is 17.7 Å². The summed E-state index contributed by atoms with van der Waals surface area (Å²) in [5, 5.41) is 7.03. The zero-order chi connectivity index (χ0) is 11.1. The Kier molecular flexibility index (Phi) is 2.46. The highest BCUT2D eigenvalue weighted by atomic mass is 32.1. The summed E-state index contributed by atoms with van der Waals surface area (Å²) in [6, 6.07) is 5.35. The van der Waals surface area contributed by atoms with Gasteiger partial charge in [0.1, 0.15) is 0 Å². The van der Waals surface area contributed by atoms with Gasteiger partial charge < -0.3 is 0 Å². The molecule has 0 radical (unpaired) electrons. The van der Waals surface area contributed by atoms with Gasteiger partial charge in [-0.25, -0.2) is 0 Å². The van der Waals surface area contributed by atoms with Crippen molar-refractivity contribution in [2.45, 2.75) is 25.9 Å². The summed E-state index contributed by atoms with van der Waals surface area (Å²) in [7, 11) is 0. The summed E-state index contributed by atoms with van der Waals surface area (Å²) in [6.45, 7) is 5.27. The van der Waals surface area contributed by atoms with Crippen molar-refractivity contribution in [3.63, 3.8) is 0 Å². The molecule has 3 rings (SSSR count). The van der Waals surface area contributed by atoms with Crippen LogP contribution in [0.3, 0.4) is 0 Å². The minimum Gasteiger partial charge on any atom is -0.296 e. The largest absolute Gasteiger partial charge is 0.296 e. The van der Waals surface area contributed by atoms with Crippen molar-refractivity contribution >= 4 is 16.9 Å². The second-order valence-electron chi connectivity index (χ2n) is 4.48. The average Bonchev–Trinajstić information content (AvgIpc) is 2.87. The molecule has 2 aliphatic rings. The first-order valence-corrected chi connectivity index (χ1v) is 6.49. The molecule has 1 aromatic rings. The standard InChI is InChI=1S/C13H16N2S/c1-8-3-5-10(11-6-4-9(2)16-11)13-12(8)14-7-15-13/h3-6,12-15H,7H2,1-2H3. The summed E-state index contributed by atoms with van der Waals surface area (Å²) in [5.74, 6) is 0. The zero-order valence-electron chi connectivity index (χ0n) is 9.58. The molecule has 84 valence electrons. The Morgan fingerprint density at radius 2 is 1.94 bits per heavy atom. The first kappa shape index (κ1) is 10.3. The molecule has 1 saturated heterocycles. The van der Waals surface area contributed by atoms with Crippen LogP contribution < -0.4 is 10.6 Å². The van der Waals surface area contributed by atoms with E-state index in [2.05, 4.69) is 48.8 Å². The highest BCUT2D eigenvalue weighted by molar-refractivity contribution is 7.13. The SMILES string of the molecule is CC1=CC=C(c2ccc(C)s2)C2NCNC12. The molecule has 0 bridgehead atoms. The lowest BCUT2D eigenvalue weighted by Crippen LogP contribution is -2.36. The van der Waals surface area contributed by atoms with Crippen LogP contribution >= 0.6 is 11.3 Å². The van der Waals surface area contributed by atoms with Crippen molar-refractivity contribution in [1.29, 1.82) is 0 Å². The van der Waals surface area contributed by atoms with Crippen molar-refractivity contribution < 1.29 is 0 Å². The molecular weight excluding hydrogens is 216 g/mol. The molecule has 2 atom stereocenters. The Labute approximate surface area is 100 Å². The summed E-state index contributed by atoms with van der Waals surface area (Å²) in [4.78, 5) is 2.78. The Morgan fingerprint density at radius 1 is 1.12 bits per heavy atom. The Hall–Kier alpha value is -0.900. The van der Waals surface area contributed by atoms with E-state index in [0.717, 1.165) is 6.67 Å². The average molecular weight is 232 g/mol. The van der Waals surface area contributed by atoms with Gasteiger partial charge in [0.15, 0.2) is 0 Å². The van der Waals surface area contributed by atoms with Crippen LogP contribution in [0, 0.1) is 6.92 Å². The number of hydrogen-bond acceptors (Lipinski definition) is 3. The summed E-state index contributed by atoms with van der Waals surface area (Å²) in [6.07, 6.45) is 4.51. The fourth-order valence-electron chi connectivity index (χ4n) is 2.48. The summed E-state index contributed by atoms with van der Waals surface area (Å²) < 4.78 is 0. The Bertz CT molecular complexity index is 470. The van der Waals surface area contributed by atoms with Gasteiger partial charge in [-0.3, -0.25) is 10.6 Å². The van der Waals surface area contributed by atoms with E-state index in [1.54, 1.807) is 0 Å². The Balaban J connectivity index is 2.01. The van der Waals surface area contributed by atoms with Gasteiger partial charge in [0.05, 0.1) is 6.04 Å². The van der Waals surface area contributed by atoms with E-state index in [4.69, 9.17) is 0 Å². The maximum atomic E-state index is 3.53. The minimum atomic E-state index is 0.447. The fourth-order valence-corrected chi connectivity index (χ4v) is 3.41. The van der Waals surface area contributed by atoms with Gasteiger partial charge in [0, 0.05) is 22.5 Å². The molecule has 1 aliphatic heterocycles. The molecule has 1 aromatic heterocycles. The molecule has 0 aromatic carbocycles. The van der Waals surface area contributed by atoms with E-state index >= 15 is 0 Å². The number of nitrogens with one attached hydrogen (secondary N) is 2. The van der Waals surface area contributed by atoms with E-state index in [0.29, 0.717) is 12.1 Å². The predicted molar refractivity (Wildman–Crippen MR) is 69.5 cm³/mol. The molecule has 1 fully saturated rings. The zero-order valence-corrected chi connectivity index (χ0v) is 10.4. The smallest absolute Gasteiger partial charge is 0.0539 e. The molecule has 0 amide bonds. The molecule has 2 N–H and O–H groups in total. The topological polar surface area (TPSA) is 24.1 Å². The number of aryl methyl sites for hydroxylation is 1. The number of allylic oxidation sites excluding steroid dienone is 2. The highest BCUT2D eigenvalue weighted by Crippen LogP contribution is 2.33. The maximum absolute atomic E-state index is 3.53. The molecule has 0 spiro atoms. The quantitative estimate of drug-likeness (QED) is 0.776. The minimum absolute atomic E-state index is 0.447. The van der Waals surface area contributed by atoms with Crippen LogP contribution in [0.4, 0.5) is 0 Å². The summed E-state index contributed by atoms with van der Waals surface area (Å²) in [5.41, 5.74) is 2.85. The van der Waals surface area contributed by atoms with Crippen LogP contribution in [0.5, 0.6) is 0 Å². The molecular formula is C13H16N2S. The lowest BCUT2D eigenvalue weighted by molar-refractivity contribution is 0.656. The molecule has 2 unspecified atom stereocenters. The fraction of sp³-hybridized carbons (Fsp3) is 0.385. The van der Waals surface area contributed by atoms with Crippen molar-refractivity contribution in [2.75, 3.05) is 6.67 Å². The maximum Gasteiger partial charge on any atom is 0.0539 e. The molecule has 16 heavy (non-hydrogen) atoms. The molecule has 2 nitrogen and oxygen atoms in total. The highest BCUT2D eigenvalue weighted by Gasteiger charge is 2.33. The van der Waals surface area contributed by atoms with Gasteiger partial charge in [-0.2, -0.15) is 0 Å². The van der Waals surface area contributed by atoms with Crippen LogP contribution in [0.2, 0.25) is 0 Å². The van der Waals surface area contributed by atoms with Crippen LogP contribution in [0.25, 0.3) is 5.57 Å². The van der Waals surface area contributed by atoms with Crippen LogP contribution in [0.1, 0.15) is 16.7 Å².